The summed E-state index contributed by atoms with van der Waals surface area (Å²) in [6.45, 7) is 2.39. The summed E-state index contributed by atoms with van der Waals surface area (Å²) >= 11 is 0. The van der Waals surface area contributed by atoms with Crippen LogP contribution in [0.15, 0.2) is 12.1 Å². The van der Waals surface area contributed by atoms with Crippen LogP contribution >= 0.6 is 0 Å². The van der Waals surface area contributed by atoms with Crippen molar-refractivity contribution in [1.29, 1.82) is 5.26 Å². The van der Waals surface area contributed by atoms with Crippen molar-refractivity contribution in [3.05, 3.63) is 34.9 Å². The third kappa shape index (κ3) is 3.91. The first-order valence-electron chi connectivity index (χ1n) is 10.9. The molecule has 0 bridgehead atoms. The quantitative estimate of drug-likeness (QED) is 0.551. The van der Waals surface area contributed by atoms with Crippen LogP contribution in [0, 0.1) is 52.6 Å². The van der Waals surface area contributed by atoms with Crippen molar-refractivity contribution in [3.8, 4) is 6.07 Å². The topological polar surface area (TPSA) is 23.8 Å². The van der Waals surface area contributed by atoms with Gasteiger partial charge >= 0.3 is 0 Å². The molecule has 1 nitrogen and oxygen atoms in total. The summed E-state index contributed by atoms with van der Waals surface area (Å²) in [6, 6.07) is 4.44. The van der Waals surface area contributed by atoms with Gasteiger partial charge in [-0.05, 0) is 105 Å². The SMILES string of the molecule is CC1CCC(C2CCC3CC(c4cc(F)c(C#N)c(F)c4)CCC3C2)CC1. The lowest BCUT2D eigenvalue weighted by atomic mass is 9.60. The largest absolute Gasteiger partial charge is 0.205 e. The molecule has 1 aromatic rings. The Morgan fingerprint density at radius 2 is 1.30 bits per heavy atom. The summed E-state index contributed by atoms with van der Waals surface area (Å²) in [5.41, 5.74) is 0.306. The Balaban J connectivity index is 1.39. The van der Waals surface area contributed by atoms with Gasteiger partial charge < -0.3 is 0 Å². The van der Waals surface area contributed by atoms with E-state index in [1.54, 1.807) is 6.07 Å². The van der Waals surface area contributed by atoms with Crippen LogP contribution in [0.1, 0.15) is 88.2 Å². The van der Waals surface area contributed by atoms with Crippen LogP contribution in [-0.2, 0) is 0 Å². The van der Waals surface area contributed by atoms with E-state index in [1.165, 1.54) is 63.5 Å². The molecule has 0 heterocycles. The van der Waals surface area contributed by atoms with Crippen LogP contribution in [0.2, 0.25) is 0 Å². The van der Waals surface area contributed by atoms with Crippen LogP contribution in [0.25, 0.3) is 0 Å². The summed E-state index contributed by atoms with van der Waals surface area (Å²) in [4.78, 5) is 0. The monoisotopic (exact) mass is 371 g/mol. The van der Waals surface area contributed by atoms with Crippen molar-refractivity contribution in [2.45, 2.75) is 77.0 Å². The molecular formula is C24H31F2N. The number of rotatable bonds is 2. The predicted molar refractivity (Wildman–Crippen MR) is 103 cm³/mol. The molecule has 3 aliphatic carbocycles. The van der Waals surface area contributed by atoms with Gasteiger partial charge in [0.1, 0.15) is 23.3 Å². The molecule has 0 N–H and O–H groups in total. The molecule has 3 fully saturated rings. The molecular weight excluding hydrogens is 340 g/mol. The maximum Gasteiger partial charge on any atom is 0.144 e. The minimum Gasteiger partial charge on any atom is -0.205 e. The molecule has 0 radical (unpaired) electrons. The third-order valence-corrected chi connectivity index (χ3v) is 8.03. The van der Waals surface area contributed by atoms with Gasteiger partial charge in [-0.25, -0.2) is 8.78 Å². The predicted octanol–water partition coefficient (Wildman–Crippen LogP) is 6.96. The van der Waals surface area contributed by atoms with E-state index >= 15 is 0 Å². The van der Waals surface area contributed by atoms with Gasteiger partial charge in [-0.2, -0.15) is 5.26 Å². The summed E-state index contributed by atoms with van der Waals surface area (Å²) in [5.74, 6) is 3.14. The van der Waals surface area contributed by atoms with Crippen LogP contribution in [0.3, 0.4) is 0 Å². The number of nitrogens with zero attached hydrogens (tertiary/aromatic N) is 1. The standard InChI is InChI=1S/C24H31F2N/c1-15-2-4-16(5-3-15)17-6-7-19-11-20(9-8-18(19)10-17)21-12-23(25)22(14-27)24(26)13-21/h12-13,15-20H,2-11H2,1H3. The Bertz CT molecular complexity index is 691. The highest BCUT2D eigenvalue weighted by Crippen LogP contribution is 2.50. The number of hydrogen-bond acceptors (Lipinski definition) is 1. The zero-order chi connectivity index (χ0) is 19.0. The number of hydrogen-bond donors (Lipinski definition) is 0. The highest BCUT2D eigenvalue weighted by Gasteiger charge is 2.39. The molecule has 0 aliphatic heterocycles. The molecule has 27 heavy (non-hydrogen) atoms. The fraction of sp³-hybridized carbons (Fsp3) is 0.708. The van der Waals surface area contributed by atoms with Gasteiger partial charge in [0.2, 0.25) is 0 Å². The van der Waals surface area contributed by atoms with E-state index in [0.717, 1.165) is 42.1 Å². The summed E-state index contributed by atoms with van der Waals surface area (Å²) < 4.78 is 28.0. The van der Waals surface area contributed by atoms with Crippen LogP contribution in [0.5, 0.6) is 0 Å². The summed E-state index contributed by atoms with van der Waals surface area (Å²) in [6.07, 6.45) is 13.0. The zero-order valence-corrected chi connectivity index (χ0v) is 16.4. The van der Waals surface area contributed by atoms with Gasteiger partial charge in [0, 0.05) is 0 Å². The minimum atomic E-state index is -0.704. The van der Waals surface area contributed by atoms with E-state index < -0.39 is 17.2 Å². The highest BCUT2D eigenvalue weighted by molar-refractivity contribution is 5.36. The number of benzene rings is 1. The molecule has 4 rings (SSSR count). The lowest BCUT2D eigenvalue weighted by Crippen LogP contribution is -2.34. The van der Waals surface area contributed by atoms with Crippen molar-refractivity contribution in [1.82, 2.24) is 0 Å². The number of halogens is 2. The normalized spacial score (nSPS) is 36.7. The van der Waals surface area contributed by atoms with E-state index in [9.17, 15) is 8.78 Å². The lowest BCUT2D eigenvalue weighted by molar-refractivity contribution is 0.0731. The highest BCUT2D eigenvalue weighted by atomic mass is 19.1. The van der Waals surface area contributed by atoms with Crippen molar-refractivity contribution in [3.63, 3.8) is 0 Å². The molecule has 3 saturated carbocycles. The minimum absolute atomic E-state index is 0.245. The van der Waals surface area contributed by atoms with Gasteiger partial charge in [-0.3, -0.25) is 0 Å². The Labute approximate surface area is 162 Å². The molecule has 0 saturated heterocycles. The van der Waals surface area contributed by atoms with Crippen LogP contribution < -0.4 is 0 Å². The maximum absolute atomic E-state index is 14.0. The first-order valence-corrected chi connectivity index (χ1v) is 10.9. The van der Waals surface area contributed by atoms with Crippen molar-refractivity contribution < 1.29 is 8.78 Å². The van der Waals surface area contributed by atoms with Gasteiger partial charge in [0.25, 0.3) is 0 Å². The summed E-state index contributed by atoms with van der Waals surface area (Å²) in [7, 11) is 0. The second kappa shape index (κ2) is 7.90. The Morgan fingerprint density at radius 1 is 0.778 bits per heavy atom. The summed E-state index contributed by atoms with van der Waals surface area (Å²) in [5, 5.41) is 8.87. The maximum atomic E-state index is 14.0. The van der Waals surface area contributed by atoms with E-state index in [0.29, 0.717) is 5.92 Å². The van der Waals surface area contributed by atoms with E-state index in [2.05, 4.69) is 6.92 Å². The van der Waals surface area contributed by atoms with Crippen LogP contribution in [0.4, 0.5) is 8.78 Å². The molecule has 3 aliphatic rings. The smallest absolute Gasteiger partial charge is 0.144 e. The van der Waals surface area contributed by atoms with Crippen molar-refractivity contribution in [2.24, 2.45) is 29.6 Å². The second-order valence-electron chi connectivity index (χ2n) is 9.59. The Kier molecular flexibility index (Phi) is 5.53. The van der Waals surface area contributed by atoms with E-state index in [4.69, 9.17) is 5.26 Å². The second-order valence-corrected chi connectivity index (χ2v) is 9.59. The van der Waals surface area contributed by atoms with Gasteiger partial charge in [0.15, 0.2) is 0 Å². The molecule has 0 spiro atoms. The lowest BCUT2D eigenvalue weighted by Gasteiger charge is -2.45. The van der Waals surface area contributed by atoms with Gasteiger partial charge in [-0.15, -0.1) is 0 Å². The third-order valence-electron chi connectivity index (χ3n) is 8.03. The van der Waals surface area contributed by atoms with Crippen LogP contribution in [-0.4, -0.2) is 0 Å². The average Bonchev–Trinajstić information content (AvgIpc) is 2.67. The number of fused-ring (bicyclic) bond motifs is 1. The van der Waals surface area contributed by atoms with Crippen molar-refractivity contribution in [2.75, 3.05) is 0 Å². The number of nitriles is 1. The molecule has 146 valence electrons. The Hall–Kier alpha value is -1.43. The van der Waals surface area contributed by atoms with Gasteiger partial charge in [-0.1, -0.05) is 19.8 Å². The fourth-order valence-electron chi connectivity index (χ4n) is 6.35. The zero-order valence-electron chi connectivity index (χ0n) is 16.4. The first kappa shape index (κ1) is 18.9. The Morgan fingerprint density at radius 3 is 1.93 bits per heavy atom. The van der Waals surface area contributed by atoms with E-state index in [-0.39, 0.29) is 5.92 Å². The fourth-order valence-corrected chi connectivity index (χ4v) is 6.35. The first-order chi connectivity index (χ1) is 13.0. The molecule has 3 heteroatoms. The van der Waals surface area contributed by atoms with Gasteiger partial charge in [0.05, 0.1) is 0 Å². The molecule has 0 aromatic heterocycles. The van der Waals surface area contributed by atoms with Crippen molar-refractivity contribution >= 4 is 0 Å². The molecule has 0 amide bonds. The average molecular weight is 372 g/mol. The van der Waals surface area contributed by atoms with E-state index in [1.807, 2.05) is 0 Å². The molecule has 4 unspecified atom stereocenters. The molecule has 4 atom stereocenters. The molecule has 1 aromatic carbocycles.